The SMILES string of the molecule is Cc1ccc(-c2cc(C(=O)NCCc3ccc(F)cc3)nn2C2CCS(=O)(=O)C2)cc1. The van der Waals surface area contributed by atoms with E-state index in [1.807, 2.05) is 31.2 Å². The van der Waals surface area contributed by atoms with Crippen molar-refractivity contribution in [3.8, 4) is 11.3 Å². The molecule has 0 bridgehead atoms. The lowest BCUT2D eigenvalue weighted by atomic mass is 10.1. The Hall–Kier alpha value is -3.00. The average Bonchev–Trinajstić information content (AvgIpc) is 3.33. The molecule has 0 radical (unpaired) electrons. The molecule has 1 N–H and O–H groups in total. The monoisotopic (exact) mass is 441 g/mol. The largest absolute Gasteiger partial charge is 0.350 e. The Labute approximate surface area is 181 Å². The van der Waals surface area contributed by atoms with Crippen molar-refractivity contribution >= 4 is 15.7 Å². The van der Waals surface area contributed by atoms with Crippen molar-refractivity contribution in [2.45, 2.75) is 25.8 Å². The number of benzene rings is 2. The zero-order valence-electron chi connectivity index (χ0n) is 17.2. The fraction of sp³-hybridized carbons (Fsp3) is 0.304. The molecule has 1 saturated heterocycles. The van der Waals surface area contributed by atoms with Crippen molar-refractivity contribution in [2.75, 3.05) is 18.1 Å². The van der Waals surface area contributed by atoms with Crippen LogP contribution < -0.4 is 5.32 Å². The Morgan fingerprint density at radius 2 is 1.87 bits per heavy atom. The maximum Gasteiger partial charge on any atom is 0.271 e. The molecule has 1 unspecified atom stereocenters. The number of hydrogen-bond acceptors (Lipinski definition) is 4. The minimum absolute atomic E-state index is 0.0270. The van der Waals surface area contributed by atoms with Gasteiger partial charge in [0.15, 0.2) is 15.5 Å². The number of rotatable bonds is 6. The van der Waals surface area contributed by atoms with E-state index in [0.717, 1.165) is 22.4 Å². The Morgan fingerprint density at radius 3 is 2.52 bits per heavy atom. The number of sulfone groups is 1. The van der Waals surface area contributed by atoms with Crippen molar-refractivity contribution in [3.05, 3.63) is 77.2 Å². The molecular weight excluding hydrogens is 417 g/mol. The van der Waals surface area contributed by atoms with Gasteiger partial charge >= 0.3 is 0 Å². The number of aromatic nitrogens is 2. The van der Waals surface area contributed by atoms with E-state index >= 15 is 0 Å². The Kier molecular flexibility index (Phi) is 5.91. The fourth-order valence-electron chi connectivity index (χ4n) is 3.75. The van der Waals surface area contributed by atoms with Crippen LogP contribution in [0.4, 0.5) is 4.39 Å². The van der Waals surface area contributed by atoms with Crippen LogP contribution in [-0.2, 0) is 16.3 Å². The number of aryl methyl sites for hydroxylation is 1. The number of carbonyl (C=O) groups excluding carboxylic acids is 1. The molecule has 162 valence electrons. The smallest absolute Gasteiger partial charge is 0.271 e. The van der Waals surface area contributed by atoms with E-state index in [4.69, 9.17) is 0 Å². The summed E-state index contributed by atoms with van der Waals surface area (Å²) in [6, 6.07) is 15.4. The van der Waals surface area contributed by atoms with Gasteiger partial charge in [0.2, 0.25) is 0 Å². The average molecular weight is 442 g/mol. The summed E-state index contributed by atoms with van der Waals surface area (Å²) >= 11 is 0. The fourth-order valence-corrected chi connectivity index (χ4v) is 5.45. The summed E-state index contributed by atoms with van der Waals surface area (Å²) in [5.41, 5.74) is 3.89. The van der Waals surface area contributed by atoms with Gasteiger partial charge in [0.25, 0.3) is 5.91 Å². The topological polar surface area (TPSA) is 81.1 Å². The molecule has 2 heterocycles. The van der Waals surface area contributed by atoms with Gasteiger partial charge in [-0.25, -0.2) is 12.8 Å². The van der Waals surface area contributed by atoms with Crippen LogP contribution in [0, 0.1) is 12.7 Å². The minimum Gasteiger partial charge on any atom is -0.350 e. The van der Waals surface area contributed by atoms with Crippen molar-refractivity contribution in [2.24, 2.45) is 0 Å². The van der Waals surface area contributed by atoms with Gasteiger partial charge in [-0.1, -0.05) is 42.0 Å². The summed E-state index contributed by atoms with van der Waals surface area (Å²) in [6.07, 6.45) is 1.05. The summed E-state index contributed by atoms with van der Waals surface area (Å²) in [6.45, 7) is 2.37. The molecule has 1 aliphatic heterocycles. The molecule has 1 aliphatic rings. The van der Waals surface area contributed by atoms with Crippen molar-refractivity contribution in [1.29, 1.82) is 0 Å². The summed E-state index contributed by atoms with van der Waals surface area (Å²) in [5.74, 6) is -0.463. The molecule has 1 aromatic heterocycles. The molecule has 8 heteroatoms. The lowest BCUT2D eigenvalue weighted by Crippen LogP contribution is -2.26. The van der Waals surface area contributed by atoms with Gasteiger partial charge in [0.05, 0.1) is 23.2 Å². The maximum atomic E-state index is 13.0. The molecule has 0 aliphatic carbocycles. The molecule has 1 amide bonds. The van der Waals surface area contributed by atoms with Gasteiger partial charge in [-0.2, -0.15) is 5.10 Å². The minimum atomic E-state index is -3.10. The molecule has 4 rings (SSSR count). The van der Waals surface area contributed by atoms with Crippen LogP contribution >= 0.6 is 0 Å². The van der Waals surface area contributed by atoms with E-state index < -0.39 is 9.84 Å². The zero-order chi connectivity index (χ0) is 22.0. The van der Waals surface area contributed by atoms with Gasteiger partial charge < -0.3 is 5.32 Å². The van der Waals surface area contributed by atoms with Crippen LogP contribution in [0.25, 0.3) is 11.3 Å². The molecule has 0 saturated carbocycles. The highest BCUT2D eigenvalue weighted by Crippen LogP contribution is 2.30. The molecule has 3 aromatic rings. The van der Waals surface area contributed by atoms with E-state index in [9.17, 15) is 17.6 Å². The maximum absolute atomic E-state index is 13.0. The second kappa shape index (κ2) is 8.63. The van der Waals surface area contributed by atoms with Gasteiger partial charge in [0.1, 0.15) is 5.82 Å². The molecule has 6 nitrogen and oxygen atoms in total. The summed E-state index contributed by atoms with van der Waals surface area (Å²) in [7, 11) is -3.10. The molecule has 1 atom stereocenters. The van der Waals surface area contributed by atoms with Crippen LogP contribution in [0.1, 0.15) is 34.1 Å². The Bertz CT molecular complexity index is 1190. The number of nitrogens with zero attached hydrogens (tertiary/aromatic N) is 2. The Balaban J connectivity index is 1.54. The van der Waals surface area contributed by atoms with Crippen LogP contribution in [-0.4, -0.2) is 42.2 Å². The number of hydrogen-bond donors (Lipinski definition) is 1. The third-order valence-electron chi connectivity index (χ3n) is 5.48. The summed E-state index contributed by atoms with van der Waals surface area (Å²) < 4.78 is 38.7. The quantitative estimate of drug-likeness (QED) is 0.636. The first-order chi connectivity index (χ1) is 14.8. The van der Waals surface area contributed by atoms with Crippen LogP contribution in [0.3, 0.4) is 0 Å². The molecule has 1 fully saturated rings. The highest BCUT2D eigenvalue weighted by molar-refractivity contribution is 7.91. The second-order valence-electron chi connectivity index (χ2n) is 7.91. The van der Waals surface area contributed by atoms with Crippen LogP contribution in [0.2, 0.25) is 0 Å². The van der Waals surface area contributed by atoms with Crippen molar-refractivity contribution < 1.29 is 17.6 Å². The predicted octanol–water partition coefficient (Wildman–Crippen LogP) is 3.33. The third-order valence-corrected chi connectivity index (χ3v) is 7.23. The van der Waals surface area contributed by atoms with E-state index in [0.29, 0.717) is 19.4 Å². The zero-order valence-corrected chi connectivity index (χ0v) is 18.0. The standard InChI is InChI=1S/C23H24FN3O3S/c1-16-2-6-18(7-3-16)22-14-21(26-27(22)20-11-13-31(29,30)15-20)23(28)25-12-10-17-4-8-19(24)9-5-17/h2-9,14,20H,10-13,15H2,1H3,(H,25,28). The first-order valence-corrected chi connectivity index (χ1v) is 12.0. The van der Waals surface area contributed by atoms with Gasteiger partial charge in [-0.05, 0) is 49.1 Å². The highest BCUT2D eigenvalue weighted by atomic mass is 32.2. The third kappa shape index (κ3) is 5.02. The normalized spacial score (nSPS) is 17.5. The lowest BCUT2D eigenvalue weighted by Gasteiger charge is -2.13. The van der Waals surface area contributed by atoms with E-state index in [2.05, 4.69) is 10.4 Å². The molecule has 0 spiro atoms. The van der Waals surface area contributed by atoms with Gasteiger partial charge in [-0.3, -0.25) is 9.48 Å². The Morgan fingerprint density at radius 1 is 1.16 bits per heavy atom. The number of carbonyl (C=O) groups is 1. The summed E-state index contributed by atoms with van der Waals surface area (Å²) in [4.78, 5) is 12.7. The highest BCUT2D eigenvalue weighted by Gasteiger charge is 2.32. The molecular formula is C23H24FN3O3S. The first kappa shape index (κ1) is 21.2. The predicted molar refractivity (Wildman–Crippen MR) is 117 cm³/mol. The van der Waals surface area contributed by atoms with Gasteiger partial charge in [-0.15, -0.1) is 0 Å². The van der Waals surface area contributed by atoms with Crippen molar-refractivity contribution in [3.63, 3.8) is 0 Å². The first-order valence-electron chi connectivity index (χ1n) is 10.2. The van der Waals surface area contributed by atoms with Crippen molar-refractivity contribution in [1.82, 2.24) is 15.1 Å². The number of halogens is 1. The van der Waals surface area contributed by atoms with Gasteiger partial charge in [0, 0.05) is 6.54 Å². The van der Waals surface area contributed by atoms with E-state index in [1.54, 1.807) is 22.9 Å². The lowest BCUT2D eigenvalue weighted by molar-refractivity contribution is 0.0948. The van der Waals surface area contributed by atoms with E-state index in [-0.39, 0.29) is 35.0 Å². The molecule has 31 heavy (non-hydrogen) atoms. The molecule has 2 aromatic carbocycles. The van der Waals surface area contributed by atoms with Crippen LogP contribution in [0.15, 0.2) is 54.6 Å². The number of nitrogens with one attached hydrogen (secondary N) is 1. The summed E-state index contributed by atoms with van der Waals surface area (Å²) in [5, 5.41) is 7.33. The van der Waals surface area contributed by atoms with E-state index in [1.165, 1.54) is 12.1 Å². The van der Waals surface area contributed by atoms with Crippen LogP contribution in [0.5, 0.6) is 0 Å². The number of amides is 1. The second-order valence-corrected chi connectivity index (χ2v) is 10.1.